The molecule has 1 heterocycles. The second-order valence-electron chi connectivity index (χ2n) is 4.25. The summed E-state index contributed by atoms with van der Waals surface area (Å²) < 4.78 is 5.51. The summed E-state index contributed by atoms with van der Waals surface area (Å²) >= 11 is 0. The number of hydrazine groups is 1. The smallest absolute Gasteiger partial charge is 0.162 e. The number of nitrogens with zero attached hydrogens (tertiary/aromatic N) is 2. The highest BCUT2D eigenvalue weighted by Gasteiger charge is 2.28. The molecule has 5 heteroatoms. The van der Waals surface area contributed by atoms with E-state index in [0.29, 0.717) is 11.6 Å². The van der Waals surface area contributed by atoms with Crippen molar-refractivity contribution in [2.75, 3.05) is 12.5 Å². The molecule has 0 aliphatic carbocycles. The van der Waals surface area contributed by atoms with E-state index >= 15 is 0 Å². The number of rotatable bonds is 6. The lowest BCUT2D eigenvalue weighted by Crippen LogP contribution is -2.27. The largest absolute Gasteiger partial charge is 0.371 e. The first kappa shape index (κ1) is 13.9. The van der Waals surface area contributed by atoms with Crippen LogP contribution in [0.3, 0.4) is 0 Å². The summed E-state index contributed by atoms with van der Waals surface area (Å²) in [7, 11) is 1.68. The van der Waals surface area contributed by atoms with Crippen molar-refractivity contribution < 1.29 is 4.74 Å². The summed E-state index contributed by atoms with van der Waals surface area (Å²) in [6, 6.07) is 1.87. The van der Waals surface area contributed by atoms with Gasteiger partial charge in [0.05, 0.1) is 0 Å². The summed E-state index contributed by atoms with van der Waals surface area (Å²) in [4.78, 5) is 8.93. The lowest BCUT2D eigenvalue weighted by atomic mass is 10.0. The fourth-order valence-electron chi connectivity index (χ4n) is 1.59. The number of nitrogens with one attached hydrogen (secondary N) is 1. The van der Waals surface area contributed by atoms with Gasteiger partial charge in [0.15, 0.2) is 5.82 Å². The molecule has 0 bridgehead atoms. The minimum absolute atomic E-state index is 0.463. The normalized spacial score (nSPS) is 14.4. The third kappa shape index (κ3) is 3.14. The van der Waals surface area contributed by atoms with Crippen LogP contribution in [0.15, 0.2) is 6.07 Å². The summed E-state index contributed by atoms with van der Waals surface area (Å²) in [6.45, 7) is 6.15. The van der Waals surface area contributed by atoms with Gasteiger partial charge in [-0.05, 0) is 19.8 Å². The topological polar surface area (TPSA) is 73.1 Å². The van der Waals surface area contributed by atoms with Crippen LogP contribution in [0.25, 0.3) is 0 Å². The van der Waals surface area contributed by atoms with Gasteiger partial charge in [-0.2, -0.15) is 0 Å². The number of aryl methyl sites for hydroxylation is 1. The molecular weight excluding hydrogens is 216 g/mol. The molecule has 3 N–H and O–H groups in total. The SMILES string of the molecule is CCCc1cc(NN)nc(C(C)(CC)OC)n1. The lowest BCUT2D eigenvalue weighted by molar-refractivity contribution is -0.00903. The molecule has 1 unspecified atom stereocenters. The van der Waals surface area contributed by atoms with E-state index in [4.69, 9.17) is 10.6 Å². The Morgan fingerprint density at radius 2 is 2.12 bits per heavy atom. The Bertz CT molecular complexity index is 364. The third-order valence-corrected chi connectivity index (χ3v) is 3.03. The summed E-state index contributed by atoms with van der Waals surface area (Å²) in [6.07, 6.45) is 2.76. The first-order valence-electron chi connectivity index (χ1n) is 5.99. The molecule has 0 aliphatic heterocycles. The Balaban J connectivity index is 3.18. The van der Waals surface area contributed by atoms with Crippen LogP contribution in [0.1, 0.15) is 45.1 Å². The maximum absolute atomic E-state index is 5.51. The van der Waals surface area contributed by atoms with E-state index < -0.39 is 5.60 Å². The van der Waals surface area contributed by atoms with Crippen LogP contribution in [-0.4, -0.2) is 17.1 Å². The molecule has 0 spiro atoms. The Labute approximate surface area is 103 Å². The van der Waals surface area contributed by atoms with Gasteiger partial charge in [-0.3, -0.25) is 0 Å². The van der Waals surface area contributed by atoms with Crippen molar-refractivity contribution in [1.29, 1.82) is 0 Å². The monoisotopic (exact) mass is 238 g/mol. The van der Waals surface area contributed by atoms with Crippen molar-refractivity contribution in [3.63, 3.8) is 0 Å². The zero-order valence-electron chi connectivity index (χ0n) is 11.1. The standard InChI is InChI=1S/C12H22N4O/c1-5-7-9-8-10(16-13)15-11(14-9)12(3,6-2)17-4/h8H,5-7,13H2,1-4H3,(H,14,15,16). The van der Waals surface area contributed by atoms with Gasteiger partial charge < -0.3 is 10.2 Å². The summed E-state index contributed by atoms with van der Waals surface area (Å²) in [5.74, 6) is 6.75. The minimum Gasteiger partial charge on any atom is -0.371 e. The van der Waals surface area contributed by atoms with Crippen molar-refractivity contribution in [3.8, 4) is 0 Å². The summed E-state index contributed by atoms with van der Waals surface area (Å²) in [5, 5.41) is 0. The van der Waals surface area contributed by atoms with Crippen LogP contribution in [0.4, 0.5) is 5.82 Å². The van der Waals surface area contributed by atoms with Gasteiger partial charge in [-0.15, -0.1) is 0 Å². The first-order chi connectivity index (χ1) is 8.09. The Morgan fingerprint density at radius 1 is 1.41 bits per heavy atom. The Kier molecular flexibility index (Phi) is 4.84. The molecule has 96 valence electrons. The molecule has 1 rings (SSSR count). The number of methoxy groups -OCH3 is 1. The molecule has 1 aromatic rings. The fraction of sp³-hybridized carbons (Fsp3) is 0.667. The molecule has 1 aromatic heterocycles. The number of nitrogens with two attached hydrogens (primary N) is 1. The second kappa shape index (κ2) is 5.93. The number of nitrogen functional groups attached to an aromatic ring is 1. The number of hydrogen-bond acceptors (Lipinski definition) is 5. The predicted octanol–water partition coefficient (Wildman–Crippen LogP) is 1.99. The molecule has 17 heavy (non-hydrogen) atoms. The van der Waals surface area contributed by atoms with Crippen LogP contribution in [0.5, 0.6) is 0 Å². The molecule has 0 fully saturated rings. The number of hydrogen-bond donors (Lipinski definition) is 2. The van der Waals surface area contributed by atoms with E-state index in [1.54, 1.807) is 7.11 Å². The number of ether oxygens (including phenoxy) is 1. The molecule has 0 saturated carbocycles. The zero-order chi connectivity index (χ0) is 12.9. The third-order valence-electron chi connectivity index (χ3n) is 3.03. The van der Waals surface area contributed by atoms with Crippen molar-refractivity contribution in [1.82, 2.24) is 9.97 Å². The molecule has 0 aromatic carbocycles. The van der Waals surface area contributed by atoms with Crippen LogP contribution in [0.2, 0.25) is 0 Å². The van der Waals surface area contributed by atoms with Gasteiger partial charge in [-0.25, -0.2) is 15.8 Å². The minimum atomic E-state index is -0.463. The van der Waals surface area contributed by atoms with Gasteiger partial charge in [0, 0.05) is 18.9 Å². The van der Waals surface area contributed by atoms with Gasteiger partial charge in [0.2, 0.25) is 0 Å². The van der Waals surface area contributed by atoms with Crippen LogP contribution >= 0.6 is 0 Å². The first-order valence-corrected chi connectivity index (χ1v) is 5.99. The molecule has 0 aliphatic rings. The van der Waals surface area contributed by atoms with E-state index in [0.717, 1.165) is 25.0 Å². The Hall–Kier alpha value is -1.20. The van der Waals surface area contributed by atoms with Crippen molar-refractivity contribution in [2.45, 2.75) is 45.6 Å². The van der Waals surface area contributed by atoms with E-state index in [-0.39, 0.29) is 0 Å². The quantitative estimate of drug-likeness (QED) is 0.585. The molecular formula is C12H22N4O. The predicted molar refractivity (Wildman–Crippen MR) is 68.5 cm³/mol. The fourth-order valence-corrected chi connectivity index (χ4v) is 1.59. The van der Waals surface area contributed by atoms with E-state index in [9.17, 15) is 0 Å². The van der Waals surface area contributed by atoms with E-state index in [1.807, 2.05) is 13.0 Å². The van der Waals surface area contributed by atoms with Crippen molar-refractivity contribution in [3.05, 3.63) is 17.6 Å². The maximum atomic E-state index is 5.51. The maximum Gasteiger partial charge on any atom is 0.162 e. The molecule has 0 amide bonds. The highest BCUT2D eigenvalue weighted by molar-refractivity contribution is 5.35. The average molecular weight is 238 g/mol. The highest BCUT2D eigenvalue weighted by Crippen LogP contribution is 2.26. The summed E-state index contributed by atoms with van der Waals surface area (Å²) in [5.41, 5.74) is 3.10. The zero-order valence-corrected chi connectivity index (χ0v) is 11.1. The van der Waals surface area contributed by atoms with E-state index in [2.05, 4.69) is 29.2 Å². The highest BCUT2D eigenvalue weighted by atomic mass is 16.5. The Morgan fingerprint density at radius 3 is 2.59 bits per heavy atom. The number of aromatic nitrogens is 2. The lowest BCUT2D eigenvalue weighted by Gasteiger charge is -2.25. The van der Waals surface area contributed by atoms with Crippen LogP contribution in [-0.2, 0) is 16.8 Å². The second-order valence-corrected chi connectivity index (χ2v) is 4.25. The van der Waals surface area contributed by atoms with Gasteiger partial charge >= 0.3 is 0 Å². The average Bonchev–Trinajstić information content (AvgIpc) is 2.37. The van der Waals surface area contributed by atoms with Crippen molar-refractivity contribution in [2.24, 2.45) is 5.84 Å². The molecule has 0 saturated heterocycles. The van der Waals surface area contributed by atoms with Gasteiger partial charge in [0.25, 0.3) is 0 Å². The van der Waals surface area contributed by atoms with Crippen molar-refractivity contribution >= 4 is 5.82 Å². The molecule has 1 atom stereocenters. The van der Waals surface area contributed by atoms with Crippen LogP contribution in [0, 0.1) is 0 Å². The number of anilines is 1. The molecule has 5 nitrogen and oxygen atoms in total. The molecule has 0 radical (unpaired) electrons. The van der Waals surface area contributed by atoms with Crippen LogP contribution < -0.4 is 11.3 Å². The van der Waals surface area contributed by atoms with Gasteiger partial charge in [0.1, 0.15) is 11.4 Å². The van der Waals surface area contributed by atoms with Gasteiger partial charge in [-0.1, -0.05) is 20.3 Å². The van der Waals surface area contributed by atoms with E-state index in [1.165, 1.54) is 0 Å².